The minimum Gasteiger partial charge on any atom is -0.342 e. The van der Waals surface area contributed by atoms with E-state index < -0.39 is 0 Å². The summed E-state index contributed by atoms with van der Waals surface area (Å²) in [7, 11) is 0. The molecule has 7 heteroatoms. The highest BCUT2D eigenvalue weighted by molar-refractivity contribution is 6.16. The van der Waals surface area contributed by atoms with Crippen LogP contribution in [0.5, 0.6) is 0 Å². The highest BCUT2D eigenvalue weighted by Crippen LogP contribution is 2.40. The van der Waals surface area contributed by atoms with E-state index >= 15 is 0 Å². The second-order valence-electron chi connectivity index (χ2n) is 7.09. The van der Waals surface area contributed by atoms with Crippen LogP contribution in [0.25, 0.3) is 5.69 Å². The van der Waals surface area contributed by atoms with Crippen LogP contribution in [0.15, 0.2) is 71.6 Å². The lowest BCUT2D eigenvalue weighted by Gasteiger charge is -2.36. The molecule has 0 N–H and O–H groups in total. The van der Waals surface area contributed by atoms with E-state index in [-0.39, 0.29) is 5.82 Å². The zero-order valence-corrected chi connectivity index (χ0v) is 15.6. The number of hydrogen-bond acceptors (Lipinski definition) is 5. The molecule has 140 valence electrons. The second kappa shape index (κ2) is 6.30. The molecule has 0 atom stereocenters. The standard InChI is InChI=1S/C21H19FN6/c1-14(2)26-12-20-21(23-13-27(20)18-9-4-3-8-17(18)26)19-11-24-25-28(19)16-7-5-6-15(22)10-16/h3-12,14H,13H2,1-2H3. The van der Waals surface area contributed by atoms with Gasteiger partial charge in [-0.3, -0.25) is 4.99 Å². The fourth-order valence-corrected chi connectivity index (χ4v) is 3.71. The number of halogens is 1. The van der Waals surface area contributed by atoms with Gasteiger partial charge in [0.1, 0.15) is 23.9 Å². The number of nitrogens with zero attached hydrogens (tertiary/aromatic N) is 6. The molecule has 6 nitrogen and oxygen atoms in total. The molecule has 0 spiro atoms. The SMILES string of the molecule is CC(C)N1C=C2C(c3cnnn3-c3cccc(F)c3)=NCN2c2ccccc21. The minimum atomic E-state index is -0.314. The van der Waals surface area contributed by atoms with Crippen LogP contribution >= 0.6 is 0 Å². The summed E-state index contributed by atoms with van der Waals surface area (Å²) in [5.74, 6) is -0.314. The van der Waals surface area contributed by atoms with Crippen LogP contribution in [0, 0.1) is 5.82 Å². The molecule has 0 saturated carbocycles. The van der Waals surface area contributed by atoms with Crippen molar-refractivity contribution in [3.8, 4) is 5.69 Å². The third kappa shape index (κ3) is 2.51. The summed E-state index contributed by atoms with van der Waals surface area (Å²) in [6, 6.07) is 14.9. The lowest BCUT2D eigenvalue weighted by atomic mass is 10.1. The number of fused-ring (bicyclic) bond motifs is 3. The molecule has 2 aromatic carbocycles. The van der Waals surface area contributed by atoms with Crippen molar-refractivity contribution in [3.05, 3.63) is 78.1 Å². The summed E-state index contributed by atoms with van der Waals surface area (Å²) in [5.41, 5.74) is 5.43. The average Bonchev–Trinajstić information content (AvgIpc) is 3.34. The van der Waals surface area contributed by atoms with Gasteiger partial charge in [0, 0.05) is 12.2 Å². The van der Waals surface area contributed by atoms with Gasteiger partial charge in [-0.2, -0.15) is 0 Å². The van der Waals surface area contributed by atoms with E-state index in [9.17, 15) is 4.39 Å². The minimum absolute atomic E-state index is 0.295. The van der Waals surface area contributed by atoms with E-state index in [4.69, 9.17) is 4.99 Å². The van der Waals surface area contributed by atoms with E-state index in [1.807, 2.05) is 12.1 Å². The maximum atomic E-state index is 13.7. The van der Waals surface area contributed by atoms with Crippen LogP contribution in [-0.2, 0) is 0 Å². The Balaban J connectivity index is 1.61. The van der Waals surface area contributed by atoms with Crippen LogP contribution in [0.2, 0.25) is 0 Å². The Bertz CT molecular complexity index is 1110. The predicted molar refractivity (Wildman–Crippen MR) is 107 cm³/mol. The summed E-state index contributed by atoms with van der Waals surface area (Å²) in [5, 5.41) is 8.23. The Hall–Kier alpha value is -3.48. The van der Waals surface area contributed by atoms with E-state index in [1.165, 1.54) is 12.1 Å². The van der Waals surface area contributed by atoms with E-state index in [2.05, 4.69) is 52.3 Å². The number of hydrogen-bond donors (Lipinski definition) is 0. The van der Waals surface area contributed by atoms with Gasteiger partial charge in [0.05, 0.1) is 29.0 Å². The van der Waals surface area contributed by atoms with Gasteiger partial charge >= 0.3 is 0 Å². The molecule has 3 heterocycles. The molecular formula is C21H19FN6. The highest BCUT2D eigenvalue weighted by Gasteiger charge is 2.33. The summed E-state index contributed by atoms with van der Waals surface area (Å²) in [6.07, 6.45) is 3.80. The Morgan fingerprint density at radius 3 is 2.64 bits per heavy atom. The van der Waals surface area contributed by atoms with Crippen LogP contribution in [-0.4, -0.2) is 33.4 Å². The van der Waals surface area contributed by atoms with Crippen molar-refractivity contribution in [1.29, 1.82) is 0 Å². The predicted octanol–water partition coefficient (Wildman–Crippen LogP) is 3.74. The Morgan fingerprint density at radius 2 is 1.86 bits per heavy atom. The molecular weight excluding hydrogens is 355 g/mol. The quantitative estimate of drug-likeness (QED) is 0.701. The van der Waals surface area contributed by atoms with Gasteiger partial charge in [0.25, 0.3) is 0 Å². The largest absolute Gasteiger partial charge is 0.342 e. The fourth-order valence-electron chi connectivity index (χ4n) is 3.71. The van der Waals surface area contributed by atoms with E-state index in [0.717, 1.165) is 28.5 Å². The molecule has 2 aliphatic heterocycles. The first-order valence-corrected chi connectivity index (χ1v) is 9.22. The van der Waals surface area contributed by atoms with Crippen molar-refractivity contribution >= 4 is 17.1 Å². The van der Waals surface area contributed by atoms with Gasteiger partial charge in [-0.25, -0.2) is 9.07 Å². The van der Waals surface area contributed by atoms with Crippen molar-refractivity contribution in [2.75, 3.05) is 16.5 Å². The van der Waals surface area contributed by atoms with Crippen LogP contribution in [0.1, 0.15) is 19.5 Å². The number of aromatic nitrogens is 3. The third-order valence-corrected chi connectivity index (χ3v) is 5.02. The van der Waals surface area contributed by atoms with Crippen LogP contribution in [0.4, 0.5) is 15.8 Å². The van der Waals surface area contributed by atoms with Gasteiger partial charge in [0.15, 0.2) is 0 Å². The number of rotatable bonds is 3. The zero-order chi connectivity index (χ0) is 19.3. The normalized spacial score (nSPS) is 15.4. The van der Waals surface area contributed by atoms with Crippen molar-refractivity contribution in [3.63, 3.8) is 0 Å². The smallest absolute Gasteiger partial charge is 0.125 e. The molecule has 5 rings (SSSR count). The second-order valence-corrected chi connectivity index (χ2v) is 7.09. The molecule has 0 radical (unpaired) electrons. The summed E-state index contributed by atoms with van der Waals surface area (Å²) in [4.78, 5) is 9.21. The first kappa shape index (κ1) is 16.7. The Labute approximate surface area is 162 Å². The molecule has 28 heavy (non-hydrogen) atoms. The van der Waals surface area contributed by atoms with E-state index in [0.29, 0.717) is 18.4 Å². The lowest BCUT2D eigenvalue weighted by Crippen LogP contribution is -2.35. The van der Waals surface area contributed by atoms with Crippen molar-refractivity contribution < 1.29 is 4.39 Å². The first-order chi connectivity index (χ1) is 13.6. The van der Waals surface area contributed by atoms with Crippen molar-refractivity contribution in [2.24, 2.45) is 4.99 Å². The first-order valence-electron chi connectivity index (χ1n) is 9.22. The summed E-state index contributed by atoms with van der Waals surface area (Å²) < 4.78 is 15.4. The molecule has 0 bridgehead atoms. The number of benzene rings is 2. The fraction of sp³-hybridized carbons (Fsp3) is 0.190. The molecule has 0 unspecified atom stereocenters. The maximum absolute atomic E-state index is 13.7. The van der Waals surface area contributed by atoms with Crippen LogP contribution in [0.3, 0.4) is 0 Å². The molecule has 1 aromatic heterocycles. The highest BCUT2D eigenvalue weighted by atomic mass is 19.1. The van der Waals surface area contributed by atoms with E-state index in [1.54, 1.807) is 23.0 Å². The van der Waals surface area contributed by atoms with Gasteiger partial charge in [-0.05, 0) is 44.2 Å². The molecule has 0 saturated heterocycles. The summed E-state index contributed by atoms with van der Waals surface area (Å²) >= 11 is 0. The van der Waals surface area contributed by atoms with Gasteiger partial charge in [-0.1, -0.05) is 23.4 Å². The number of allylic oxidation sites excluding steroid dienone is 1. The molecule has 2 aliphatic rings. The molecule has 3 aromatic rings. The molecule has 0 aliphatic carbocycles. The average molecular weight is 374 g/mol. The number of para-hydroxylation sites is 2. The van der Waals surface area contributed by atoms with Crippen molar-refractivity contribution in [2.45, 2.75) is 19.9 Å². The Morgan fingerprint density at radius 1 is 1.04 bits per heavy atom. The number of anilines is 2. The molecule has 0 amide bonds. The van der Waals surface area contributed by atoms with Gasteiger partial charge in [-0.15, -0.1) is 5.10 Å². The Kier molecular flexibility index (Phi) is 3.75. The topological polar surface area (TPSA) is 49.6 Å². The number of aliphatic imine (C=N–C) groups is 1. The van der Waals surface area contributed by atoms with Crippen molar-refractivity contribution in [1.82, 2.24) is 15.0 Å². The van der Waals surface area contributed by atoms with Gasteiger partial charge in [0.2, 0.25) is 0 Å². The zero-order valence-electron chi connectivity index (χ0n) is 15.6. The monoisotopic (exact) mass is 374 g/mol. The maximum Gasteiger partial charge on any atom is 0.125 e. The summed E-state index contributed by atoms with van der Waals surface area (Å²) in [6.45, 7) is 4.85. The lowest BCUT2D eigenvalue weighted by molar-refractivity contribution is 0.624. The van der Waals surface area contributed by atoms with Crippen LogP contribution < -0.4 is 9.80 Å². The third-order valence-electron chi connectivity index (χ3n) is 5.02. The van der Waals surface area contributed by atoms with Gasteiger partial charge < -0.3 is 9.80 Å². The molecule has 0 fully saturated rings.